The van der Waals surface area contributed by atoms with Crippen molar-refractivity contribution < 1.29 is 23.4 Å². The molecule has 1 rings (SSSR count). The number of phenolic OH excluding ortho intramolecular Hbond substituents is 1. The highest BCUT2D eigenvalue weighted by molar-refractivity contribution is 6.02. The highest BCUT2D eigenvalue weighted by Gasteiger charge is 2.20. The molecule has 1 aromatic rings. The average molecular weight is 305 g/mol. The Morgan fingerprint density at radius 1 is 1.29 bits per heavy atom. The number of carbonyl (C=O) groups excluding carboxylic acids is 1. The van der Waals surface area contributed by atoms with E-state index in [0.29, 0.717) is 0 Å². The Kier molecular flexibility index (Phi) is 11.9. The summed E-state index contributed by atoms with van der Waals surface area (Å²) < 4.78 is 27.9. The van der Waals surface area contributed by atoms with Gasteiger partial charge in [-0.2, -0.15) is 8.78 Å². The van der Waals surface area contributed by atoms with Gasteiger partial charge < -0.3 is 9.84 Å². The summed E-state index contributed by atoms with van der Waals surface area (Å²) in [6.45, 7) is 6.41. The van der Waals surface area contributed by atoms with Crippen molar-refractivity contribution in [3.05, 3.63) is 22.6 Å². The molecule has 0 atom stereocenters. The van der Waals surface area contributed by atoms with E-state index in [0.717, 1.165) is 12.1 Å². The molecule has 7 heteroatoms. The molecular weight excluding hydrogens is 284 g/mol. The van der Waals surface area contributed by atoms with Crippen LogP contribution in [-0.2, 0) is 0 Å². The number of benzene rings is 1. The van der Waals surface area contributed by atoms with Crippen LogP contribution in [-0.4, -0.2) is 17.5 Å². The molecule has 0 fully saturated rings. The minimum Gasteiger partial charge on any atom is -0.503 e. The van der Waals surface area contributed by atoms with Crippen LogP contribution in [0.2, 0.25) is 0 Å². The molecule has 120 valence electrons. The van der Waals surface area contributed by atoms with Gasteiger partial charge in [0.1, 0.15) is 0 Å². The molecule has 5 nitrogen and oxygen atoms in total. The van der Waals surface area contributed by atoms with Crippen molar-refractivity contribution in [2.24, 2.45) is 5.18 Å². The second-order valence-electron chi connectivity index (χ2n) is 3.05. The Labute approximate surface area is 122 Å². The van der Waals surface area contributed by atoms with Gasteiger partial charge in [-0.25, -0.2) is 0 Å². The minimum atomic E-state index is -3.15. The summed E-state index contributed by atoms with van der Waals surface area (Å²) in [5, 5.41) is 11.9. The maximum Gasteiger partial charge on any atom is 0.387 e. The summed E-state index contributed by atoms with van der Waals surface area (Å²) in [6.07, 6.45) is 0.0943. The fraction of sp³-hybridized carbons (Fsp3) is 0.500. The van der Waals surface area contributed by atoms with E-state index >= 15 is 0 Å². The summed E-state index contributed by atoms with van der Waals surface area (Å²) in [5.41, 5.74) is -0.711. The molecular formula is C14H21F2NO4. The molecule has 0 bridgehead atoms. The zero-order chi connectivity index (χ0) is 17.0. The Bertz CT molecular complexity index is 451. The van der Waals surface area contributed by atoms with Gasteiger partial charge >= 0.3 is 6.61 Å². The van der Waals surface area contributed by atoms with E-state index in [1.165, 1.54) is 0 Å². The fourth-order valence-corrected chi connectivity index (χ4v) is 1.26. The lowest BCUT2D eigenvalue weighted by Crippen LogP contribution is -2.03. The molecule has 0 unspecified atom stereocenters. The van der Waals surface area contributed by atoms with E-state index in [1.54, 1.807) is 6.92 Å². The summed E-state index contributed by atoms with van der Waals surface area (Å²) in [5.74, 6) is -1.89. The minimum absolute atomic E-state index is 0.0943. The van der Waals surface area contributed by atoms with Crippen LogP contribution in [0.25, 0.3) is 0 Å². The first-order chi connectivity index (χ1) is 10.0. The van der Waals surface area contributed by atoms with E-state index in [2.05, 4.69) is 9.91 Å². The molecule has 0 saturated heterocycles. The van der Waals surface area contributed by atoms with Gasteiger partial charge in [0.05, 0.1) is 5.56 Å². The molecule has 0 aromatic heterocycles. The third-order valence-electron chi connectivity index (χ3n) is 2.04. The van der Waals surface area contributed by atoms with Crippen molar-refractivity contribution in [1.29, 1.82) is 0 Å². The lowest BCUT2D eigenvalue weighted by molar-refractivity contribution is -0.0511. The van der Waals surface area contributed by atoms with Crippen LogP contribution in [0, 0.1) is 4.91 Å². The number of Topliss-reactive ketones (excluding diaryl/α,β-unsaturated/α-hetero) is 1. The molecule has 0 aliphatic rings. The topological polar surface area (TPSA) is 76.0 Å². The van der Waals surface area contributed by atoms with Crippen LogP contribution in [0.3, 0.4) is 0 Å². The van der Waals surface area contributed by atoms with Gasteiger partial charge in [-0.1, -0.05) is 34.6 Å². The number of hydrogen-bond donors (Lipinski definition) is 1. The van der Waals surface area contributed by atoms with Gasteiger partial charge in [0.25, 0.3) is 0 Å². The zero-order valence-electron chi connectivity index (χ0n) is 12.8. The lowest BCUT2D eigenvalue weighted by Gasteiger charge is -2.09. The monoisotopic (exact) mass is 305 g/mol. The molecule has 1 N–H and O–H groups in total. The second kappa shape index (κ2) is 11.7. The number of alkyl halides is 2. The summed E-state index contributed by atoms with van der Waals surface area (Å²) in [6, 6.07) is 2.10. The van der Waals surface area contributed by atoms with Gasteiger partial charge in [-0.05, 0) is 17.3 Å². The highest BCUT2D eigenvalue weighted by atomic mass is 19.3. The Hall–Kier alpha value is -2.05. The predicted octanol–water partition coefficient (Wildman–Crippen LogP) is 5.04. The van der Waals surface area contributed by atoms with Gasteiger partial charge in [0.2, 0.25) is 0 Å². The molecule has 0 saturated carbocycles. The number of ether oxygens (including phenoxy) is 1. The van der Waals surface area contributed by atoms with Crippen LogP contribution < -0.4 is 4.74 Å². The van der Waals surface area contributed by atoms with Crippen LogP contribution in [0.1, 0.15) is 51.4 Å². The van der Waals surface area contributed by atoms with Crippen molar-refractivity contribution in [2.75, 3.05) is 0 Å². The van der Waals surface area contributed by atoms with E-state index in [1.807, 2.05) is 27.7 Å². The predicted molar refractivity (Wildman–Crippen MR) is 77.5 cm³/mol. The number of phenols is 1. The lowest BCUT2D eigenvalue weighted by atomic mass is 10.1. The number of ketones is 1. The van der Waals surface area contributed by atoms with Gasteiger partial charge in [0, 0.05) is 6.42 Å². The molecule has 21 heavy (non-hydrogen) atoms. The highest BCUT2D eigenvalue weighted by Crippen LogP contribution is 2.40. The smallest absolute Gasteiger partial charge is 0.387 e. The number of nitroso groups, excluding NO2 is 1. The maximum absolute atomic E-state index is 12.0. The summed E-state index contributed by atoms with van der Waals surface area (Å²) in [7, 11) is 0. The number of halogens is 2. The van der Waals surface area contributed by atoms with Gasteiger partial charge in [0.15, 0.2) is 23.0 Å². The molecule has 0 heterocycles. The third kappa shape index (κ3) is 6.29. The van der Waals surface area contributed by atoms with E-state index in [9.17, 15) is 23.6 Å². The number of carbonyl (C=O) groups is 1. The van der Waals surface area contributed by atoms with Gasteiger partial charge in [-0.3, -0.25) is 4.79 Å². The number of hydrogen-bond acceptors (Lipinski definition) is 5. The Morgan fingerprint density at radius 3 is 2.19 bits per heavy atom. The van der Waals surface area contributed by atoms with Crippen LogP contribution in [0.4, 0.5) is 14.5 Å². The largest absolute Gasteiger partial charge is 0.503 e. The van der Waals surface area contributed by atoms with Gasteiger partial charge in [-0.15, -0.1) is 4.91 Å². The van der Waals surface area contributed by atoms with Crippen molar-refractivity contribution >= 4 is 11.5 Å². The number of nitrogens with zero attached hydrogens (tertiary/aromatic N) is 1. The van der Waals surface area contributed by atoms with Crippen molar-refractivity contribution in [2.45, 2.75) is 47.7 Å². The molecule has 0 amide bonds. The molecule has 0 spiro atoms. The molecule has 1 aromatic carbocycles. The Balaban J connectivity index is 0. The van der Waals surface area contributed by atoms with Crippen molar-refractivity contribution in [3.63, 3.8) is 0 Å². The van der Waals surface area contributed by atoms with E-state index in [-0.39, 0.29) is 12.0 Å². The second-order valence-corrected chi connectivity index (χ2v) is 3.05. The van der Waals surface area contributed by atoms with E-state index < -0.39 is 29.6 Å². The first kappa shape index (κ1) is 21.3. The fourth-order valence-electron chi connectivity index (χ4n) is 1.26. The summed E-state index contributed by atoms with van der Waals surface area (Å²) >= 11 is 0. The van der Waals surface area contributed by atoms with Crippen LogP contribution in [0.15, 0.2) is 17.3 Å². The standard InChI is InChI=1S/C10H9F2NO4.2C2H6/c1-2-6(14)5-3-4-7(17-10(11)12)9(15)8(5)13-16;2*1-2/h3-4,10,15H,2H2,1H3;2*1-2H3. The maximum atomic E-state index is 12.0. The molecule has 0 aliphatic carbocycles. The Morgan fingerprint density at radius 2 is 1.81 bits per heavy atom. The zero-order valence-corrected chi connectivity index (χ0v) is 12.8. The SMILES string of the molecule is CC.CC.CCC(=O)c1ccc(OC(F)F)c(O)c1N=O. The van der Waals surface area contributed by atoms with Crippen molar-refractivity contribution in [3.8, 4) is 11.5 Å². The van der Waals surface area contributed by atoms with Crippen molar-refractivity contribution in [1.82, 2.24) is 0 Å². The molecule has 0 radical (unpaired) electrons. The van der Waals surface area contributed by atoms with E-state index in [4.69, 9.17) is 0 Å². The molecule has 0 aliphatic heterocycles. The first-order valence-corrected chi connectivity index (χ1v) is 6.68. The average Bonchev–Trinajstić information content (AvgIpc) is 2.51. The van der Waals surface area contributed by atoms with Crippen LogP contribution in [0.5, 0.6) is 11.5 Å². The van der Waals surface area contributed by atoms with Crippen LogP contribution >= 0.6 is 0 Å². The quantitative estimate of drug-likeness (QED) is 0.611. The normalized spacial score (nSPS) is 8.95. The number of rotatable bonds is 5. The first-order valence-electron chi connectivity index (χ1n) is 6.68. The summed E-state index contributed by atoms with van der Waals surface area (Å²) in [4.78, 5) is 21.9. The number of aromatic hydroxyl groups is 1. The third-order valence-corrected chi connectivity index (χ3v) is 2.04.